The van der Waals surface area contributed by atoms with E-state index in [4.69, 9.17) is 4.74 Å². The van der Waals surface area contributed by atoms with Crippen LogP contribution in [0, 0.1) is 6.92 Å². The monoisotopic (exact) mass is 559 g/mol. The number of hydrogen-bond acceptors (Lipinski definition) is 6. The van der Waals surface area contributed by atoms with Crippen LogP contribution in [-0.4, -0.2) is 51.2 Å². The van der Waals surface area contributed by atoms with Crippen LogP contribution in [0.2, 0.25) is 0 Å². The molecule has 216 valence electrons. The Morgan fingerprint density at radius 3 is 2.10 bits per heavy atom. The van der Waals surface area contributed by atoms with Crippen molar-refractivity contribution >= 4 is 23.6 Å². The minimum Gasteiger partial charge on any atom is -0.508 e. The van der Waals surface area contributed by atoms with Crippen molar-refractivity contribution in [2.24, 2.45) is 0 Å². The van der Waals surface area contributed by atoms with Crippen LogP contribution < -0.4 is 10.6 Å². The first-order chi connectivity index (χ1) is 19.4. The molecule has 9 heteroatoms. The van der Waals surface area contributed by atoms with Crippen LogP contribution in [0.25, 0.3) is 0 Å². The molecule has 9 nitrogen and oxygen atoms in total. The summed E-state index contributed by atoms with van der Waals surface area (Å²) in [6.45, 7) is 10.8. The minimum absolute atomic E-state index is 0.00482. The molecular weight excluding hydrogens is 522 g/mol. The number of hydrogen-bond donors (Lipinski definition) is 4. The van der Waals surface area contributed by atoms with E-state index in [1.807, 2.05) is 19.1 Å². The summed E-state index contributed by atoms with van der Waals surface area (Å²) >= 11 is 0. The molecule has 0 aromatic heterocycles. The molecule has 0 saturated carbocycles. The highest BCUT2D eigenvalue weighted by Crippen LogP contribution is 2.27. The molecule has 3 aromatic rings. The van der Waals surface area contributed by atoms with E-state index in [0.29, 0.717) is 16.8 Å². The molecule has 3 rings (SSSR count). The summed E-state index contributed by atoms with van der Waals surface area (Å²) < 4.78 is 5.42. The second-order valence-corrected chi connectivity index (χ2v) is 10.6. The van der Waals surface area contributed by atoms with Gasteiger partial charge in [0.05, 0.1) is 0 Å². The van der Waals surface area contributed by atoms with E-state index in [-0.39, 0.29) is 24.5 Å². The summed E-state index contributed by atoms with van der Waals surface area (Å²) in [6.07, 6.45) is 0.768. The lowest BCUT2D eigenvalue weighted by atomic mass is 10.00. The van der Waals surface area contributed by atoms with Crippen molar-refractivity contribution in [2.45, 2.75) is 51.8 Å². The Morgan fingerprint density at radius 2 is 1.54 bits per heavy atom. The van der Waals surface area contributed by atoms with Crippen molar-refractivity contribution < 1.29 is 29.3 Å². The molecule has 0 aliphatic carbocycles. The number of anilines is 1. The maximum atomic E-state index is 14.2. The van der Waals surface area contributed by atoms with Gasteiger partial charge < -0.3 is 30.5 Å². The van der Waals surface area contributed by atoms with Gasteiger partial charge in [0, 0.05) is 18.7 Å². The van der Waals surface area contributed by atoms with Crippen molar-refractivity contribution in [3.63, 3.8) is 0 Å². The van der Waals surface area contributed by atoms with Crippen LogP contribution in [0.4, 0.5) is 10.5 Å². The van der Waals surface area contributed by atoms with E-state index < -0.39 is 35.6 Å². The van der Waals surface area contributed by atoms with Crippen molar-refractivity contribution in [2.75, 3.05) is 11.9 Å². The fraction of sp³-hybridized carbons (Fsp3) is 0.281. The Morgan fingerprint density at radius 1 is 0.951 bits per heavy atom. The van der Waals surface area contributed by atoms with Crippen molar-refractivity contribution in [1.29, 1.82) is 0 Å². The number of phenols is 2. The van der Waals surface area contributed by atoms with Gasteiger partial charge in [-0.2, -0.15) is 0 Å². The molecule has 3 aromatic carbocycles. The third kappa shape index (κ3) is 8.86. The molecule has 0 aliphatic rings. The Bertz CT molecular complexity index is 1360. The quantitative estimate of drug-likeness (QED) is 0.252. The predicted octanol–water partition coefficient (Wildman–Crippen LogP) is 5.24. The first kappa shape index (κ1) is 30.7. The number of para-hydroxylation sites is 1. The van der Waals surface area contributed by atoms with Gasteiger partial charge in [0.15, 0.2) is 0 Å². The molecule has 2 unspecified atom stereocenters. The summed E-state index contributed by atoms with van der Waals surface area (Å²) in [5.41, 5.74) is 1.73. The predicted molar refractivity (Wildman–Crippen MR) is 158 cm³/mol. The smallest absolute Gasteiger partial charge is 0.408 e. The summed E-state index contributed by atoms with van der Waals surface area (Å²) in [5, 5.41) is 25.2. The van der Waals surface area contributed by atoms with Crippen LogP contribution in [0.15, 0.2) is 85.5 Å². The largest absolute Gasteiger partial charge is 0.508 e. The lowest BCUT2D eigenvalue weighted by Crippen LogP contribution is -2.53. The number of aromatic hydroxyl groups is 2. The number of carbonyl (C=O) groups is 3. The number of benzene rings is 3. The van der Waals surface area contributed by atoms with E-state index in [0.717, 1.165) is 5.56 Å². The molecule has 0 saturated heterocycles. The van der Waals surface area contributed by atoms with E-state index in [1.54, 1.807) is 57.2 Å². The van der Waals surface area contributed by atoms with Gasteiger partial charge in [0.25, 0.3) is 5.91 Å². The van der Waals surface area contributed by atoms with Crippen LogP contribution >= 0.6 is 0 Å². The topological polar surface area (TPSA) is 128 Å². The summed E-state index contributed by atoms with van der Waals surface area (Å²) in [6, 6.07) is 17.3. The van der Waals surface area contributed by atoms with Crippen molar-refractivity contribution in [3.8, 4) is 11.5 Å². The summed E-state index contributed by atoms with van der Waals surface area (Å²) in [4.78, 5) is 42.2. The molecular formula is C32H37N3O6. The van der Waals surface area contributed by atoms with Crippen LogP contribution in [-0.2, 0) is 20.7 Å². The number of amides is 3. The maximum absolute atomic E-state index is 14.2. The molecule has 2 atom stereocenters. The van der Waals surface area contributed by atoms with Crippen molar-refractivity contribution in [1.82, 2.24) is 10.2 Å². The number of phenolic OH excluding ortho intramolecular Hbond substituents is 2. The minimum atomic E-state index is -1.14. The second-order valence-electron chi connectivity index (χ2n) is 10.6. The van der Waals surface area contributed by atoms with Gasteiger partial charge in [0.2, 0.25) is 5.91 Å². The Balaban J connectivity index is 2.04. The molecule has 4 N–H and O–H groups in total. The van der Waals surface area contributed by atoms with Gasteiger partial charge in [-0.3, -0.25) is 9.59 Å². The maximum Gasteiger partial charge on any atom is 0.408 e. The molecule has 0 radical (unpaired) electrons. The SMILES string of the molecule is C=CCN(C(=O)C(Cc1ccc(O)cc1)NC(=O)OC(C)(C)C)C(C(=O)Nc1ccccc1C)c1ccc(O)cc1. The van der Waals surface area contributed by atoms with Gasteiger partial charge in [-0.05, 0) is 74.7 Å². The van der Waals surface area contributed by atoms with Crippen LogP contribution in [0.5, 0.6) is 11.5 Å². The summed E-state index contributed by atoms with van der Waals surface area (Å²) in [5.74, 6) is -0.974. The Hall–Kier alpha value is -4.79. The molecule has 0 aliphatic heterocycles. The summed E-state index contributed by atoms with van der Waals surface area (Å²) in [7, 11) is 0. The number of nitrogens with zero attached hydrogens (tertiary/aromatic N) is 1. The second kappa shape index (κ2) is 13.5. The highest BCUT2D eigenvalue weighted by molar-refractivity contribution is 5.99. The Labute approximate surface area is 240 Å². The number of rotatable bonds is 10. The van der Waals surface area contributed by atoms with Gasteiger partial charge in [0.1, 0.15) is 29.2 Å². The standard InChI is InChI=1S/C32H37N3O6/c1-6-19-35(28(23-13-17-25(37)18-14-23)29(38)33-26-10-8-7-9-21(26)2)30(39)27(34-31(40)41-32(3,4)5)20-22-11-15-24(36)16-12-22/h6-18,27-28,36-37H,1,19-20H2,2-5H3,(H,33,38)(H,34,40). The van der Waals surface area contributed by atoms with Crippen molar-refractivity contribution in [3.05, 3.63) is 102 Å². The highest BCUT2D eigenvalue weighted by atomic mass is 16.6. The zero-order chi connectivity index (χ0) is 30.2. The third-order valence-corrected chi connectivity index (χ3v) is 6.15. The van der Waals surface area contributed by atoms with Crippen LogP contribution in [0.1, 0.15) is 43.5 Å². The number of alkyl carbamates (subject to hydrolysis) is 1. The first-order valence-electron chi connectivity index (χ1n) is 13.2. The average molecular weight is 560 g/mol. The molecule has 0 spiro atoms. The molecule has 0 heterocycles. The fourth-order valence-corrected chi connectivity index (χ4v) is 4.22. The van der Waals surface area contributed by atoms with Gasteiger partial charge in [-0.1, -0.05) is 48.5 Å². The number of nitrogens with one attached hydrogen (secondary N) is 2. The third-order valence-electron chi connectivity index (χ3n) is 6.15. The average Bonchev–Trinajstić information content (AvgIpc) is 2.90. The van der Waals surface area contributed by atoms with Crippen LogP contribution in [0.3, 0.4) is 0 Å². The van der Waals surface area contributed by atoms with Gasteiger partial charge in [-0.15, -0.1) is 6.58 Å². The Kier molecular flexibility index (Phi) is 10.1. The molecule has 0 fully saturated rings. The fourth-order valence-electron chi connectivity index (χ4n) is 4.22. The van der Waals surface area contributed by atoms with E-state index >= 15 is 0 Å². The van der Waals surface area contributed by atoms with E-state index in [1.165, 1.54) is 35.2 Å². The normalized spacial score (nSPS) is 12.5. The molecule has 3 amide bonds. The lowest BCUT2D eigenvalue weighted by molar-refractivity contribution is -0.140. The van der Waals surface area contributed by atoms with Gasteiger partial charge >= 0.3 is 6.09 Å². The first-order valence-corrected chi connectivity index (χ1v) is 13.2. The molecule has 41 heavy (non-hydrogen) atoms. The highest BCUT2D eigenvalue weighted by Gasteiger charge is 2.36. The molecule has 0 bridgehead atoms. The van der Waals surface area contributed by atoms with E-state index in [2.05, 4.69) is 17.2 Å². The number of carbonyl (C=O) groups excluding carboxylic acids is 3. The van der Waals surface area contributed by atoms with Gasteiger partial charge in [-0.25, -0.2) is 4.79 Å². The number of ether oxygens (including phenoxy) is 1. The zero-order valence-corrected chi connectivity index (χ0v) is 23.8. The lowest BCUT2D eigenvalue weighted by Gasteiger charge is -2.34. The van der Waals surface area contributed by atoms with E-state index in [9.17, 15) is 24.6 Å². The number of aryl methyl sites for hydroxylation is 1. The zero-order valence-electron chi connectivity index (χ0n) is 23.8.